The molecular formula is C20H20ClN3O3S2. The van der Waals surface area contributed by atoms with Crippen LogP contribution in [0.25, 0.3) is 4.91 Å². The van der Waals surface area contributed by atoms with Crippen LogP contribution in [-0.4, -0.2) is 56.1 Å². The number of amidine groups is 1. The van der Waals surface area contributed by atoms with Gasteiger partial charge in [-0.25, -0.2) is 0 Å². The summed E-state index contributed by atoms with van der Waals surface area (Å²) in [5, 5.41) is 0. The minimum absolute atomic E-state index is 0.0398. The third-order valence-corrected chi connectivity index (χ3v) is 7.73. The second-order valence-corrected chi connectivity index (χ2v) is 10.2. The number of benzene rings is 1. The Morgan fingerprint density at radius 3 is 2.52 bits per heavy atom. The molecule has 2 aliphatic rings. The van der Waals surface area contributed by atoms with Gasteiger partial charge in [-0.05, 0) is 31.0 Å². The van der Waals surface area contributed by atoms with Gasteiger partial charge in [0.25, 0.3) is 15.9 Å². The van der Waals surface area contributed by atoms with Crippen molar-refractivity contribution >= 4 is 49.6 Å². The van der Waals surface area contributed by atoms with E-state index in [2.05, 4.69) is 4.40 Å². The summed E-state index contributed by atoms with van der Waals surface area (Å²) in [4.78, 5) is 17.4. The van der Waals surface area contributed by atoms with Gasteiger partial charge in [0.2, 0.25) is 0 Å². The molecule has 0 atom stereocenters. The zero-order valence-electron chi connectivity index (χ0n) is 15.8. The van der Waals surface area contributed by atoms with Crippen LogP contribution in [0, 0.1) is 0 Å². The van der Waals surface area contributed by atoms with Crippen LogP contribution in [0.4, 0.5) is 0 Å². The van der Waals surface area contributed by atoms with E-state index in [0.29, 0.717) is 52.4 Å². The van der Waals surface area contributed by atoms with E-state index < -0.39 is 10.0 Å². The summed E-state index contributed by atoms with van der Waals surface area (Å²) in [6.45, 7) is 4.08. The monoisotopic (exact) mass is 449 g/mol. The van der Waals surface area contributed by atoms with E-state index >= 15 is 0 Å². The van der Waals surface area contributed by atoms with E-state index in [1.54, 1.807) is 36.1 Å². The Kier molecular flexibility index (Phi) is 5.50. The lowest BCUT2D eigenvalue weighted by Crippen LogP contribution is -2.37. The molecule has 6 nitrogen and oxygen atoms in total. The fraction of sp³-hybridized carbons (Fsp3) is 0.300. The van der Waals surface area contributed by atoms with Gasteiger partial charge in [0.1, 0.15) is 10.7 Å². The first-order chi connectivity index (χ1) is 13.9. The number of carbonyl (C=O) groups is 1. The Morgan fingerprint density at radius 1 is 1.07 bits per heavy atom. The number of hydrogen-bond donors (Lipinski definition) is 0. The smallest absolute Gasteiger partial charge is 0.285 e. The molecule has 0 unspecified atom stereocenters. The molecule has 1 saturated heterocycles. The van der Waals surface area contributed by atoms with Crippen LogP contribution in [-0.2, 0) is 10.0 Å². The highest BCUT2D eigenvalue weighted by Crippen LogP contribution is 2.33. The first-order valence-electron chi connectivity index (χ1n) is 9.28. The van der Waals surface area contributed by atoms with Crippen LogP contribution in [0.1, 0.15) is 28.6 Å². The fourth-order valence-electron chi connectivity index (χ4n) is 3.69. The Bertz CT molecular complexity index is 1110. The maximum absolute atomic E-state index is 12.7. The average Bonchev–Trinajstić information content (AvgIpc) is 3.11. The average molecular weight is 450 g/mol. The second kappa shape index (κ2) is 7.93. The number of carbonyl (C=O) groups excluding carboxylic acids is 1. The molecule has 9 heteroatoms. The summed E-state index contributed by atoms with van der Waals surface area (Å²) in [5.74, 6) is 0.444. The zero-order valence-corrected chi connectivity index (χ0v) is 18.2. The maximum Gasteiger partial charge on any atom is 0.285 e. The summed E-state index contributed by atoms with van der Waals surface area (Å²) >= 11 is 7.22. The fourth-order valence-corrected chi connectivity index (χ4v) is 6.18. The number of hydrogen-bond acceptors (Lipinski definition) is 5. The molecule has 0 N–H and O–H groups in total. The summed E-state index contributed by atoms with van der Waals surface area (Å²) in [6, 6.07) is 12.5. The maximum atomic E-state index is 12.7. The molecule has 0 saturated carbocycles. The van der Waals surface area contributed by atoms with E-state index in [4.69, 9.17) is 11.6 Å². The molecule has 4 rings (SSSR count). The molecule has 1 fully saturated rings. The molecule has 0 spiro atoms. The van der Waals surface area contributed by atoms with Gasteiger partial charge in [-0.2, -0.15) is 8.42 Å². The van der Waals surface area contributed by atoms with E-state index in [1.165, 1.54) is 11.3 Å². The van der Waals surface area contributed by atoms with Crippen LogP contribution in [0.5, 0.6) is 0 Å². The molecule has 0 bridgehead atoms. The first-order valence-corrected chi connectivity index (χ1v) is 11.9. The number of amides is 1. The van der Waals surface area contributed by atoms with Crippen LogP contribution >= 0.6 is 22.9 Å². The topological polar surface area (TPSA) is 70.1 Å². The molecule has 1 aromatic heterocycles. The molecule has 29 heavy (non-hydrogen) atoms. The number of rotatable bonds is 2. The molecule has 2 aliphatic heterocycles. The van der Waals surface area contributed by atoms with Gasteiger partial charge in [0, 0.05) is 31.8 Å². The summed E-state index contributed by atoms with van der Waals surface area (Å²) < 4.78 is 30.1. The number of halogens is 1. The molecule has 3 heterocycles. The Morgan fingerprint density at radius 2 is 1.83 bits per heavy atom. The van der Waals surface area contributed by atoms with Gasteiger partial charge >= 0.3 is 0 Å². The van der Waals surface area contributed by atoms with E-state index in [1.807, 2.05) is 23.1 Å². The van der Waals surface area contributed by atoms with E-state index in [9.17, 15) is 13.2 Å². The SMILES string of the molecule is CC1=C(c2ccccc2)S(=O)(=O)N=C1N1CCCN(C(=O)c2ccc(Cl)s2)CC1. The van der Waals surface area contributed by atoms with Crippen molar-refractivity contribution in [3.8, 4) is 0 Å². The third kappa shape index (κ3) is 3.97. The molecule has 1 aromatic carbocycles. The van der Waals surface area contributed by atoms with Gasteiger partial charge < -0.3 is 9.80 Å². The highest BCUT2D eigenvalue weighted by Gasteiger charge is 2.34. The van der Waals surface area contributed by atoms with Crippen molar-refractivity contribution in [1.29, 1.82) is 0 Å². The molecular weight excluding hydrogens is 430 g/mol. The summed E-state index contributed by atoms with van der Waals surface area (Å²) in [6.07, 6.45) is 0.734. The predicted molar refractivity (Wildman–Crippen MR) is 117 cm³/mol. The lowest BCUT2D eigenvalue weighted by atomic mass is 10.1. The first kappa shape index (κ1) is 20.1. The van der Waals surface area contributed by atoms with E-state index in [-0.39, 0.29) is 10.8 Å². The highest BCUT2D eigenvalue weighted by atomic mass is 35.5. The van der Waals surface area contributed by atoms with Gasteiger partial charge in [-0.3, -0.25) is 4.79 Å². The minimum Gasteiger partial charge on any atom is -0.354 e. The van der Waals surface area contributed by atoms with Crippen molar-refractivity contribution in [3.63, 3.8) is 0 Å². The van der Waals surface area contributed by atoms with Crippen molar-refractivity contribution in [2.45, 2.75) is 13.3 Å². The van der Waals surface area contributed by atoms with Gasteiger partial charge in [-0.1, -0.05) is 41.9 Å². The molecule has 0 radical (unpaired) electrons. The minimum atomic E-state index is -3.74. The summed E-state index contributed by atoms with van der Waals surface area (Å²) in [5.41, 5.74) is 1.30. The van der Waals surface area contributed by atoms with Crippen molar-refractivity contribution in [2.24, 2.45) is 4.40 Å². The van der Waals surface area contributed by atoms with Crippen LogP contribution in [0.2, 0.25) is 4.34 Å². The Balaban J connectivity index is 1.55. The second-order valence-electron chi connectivity index (χ2n) is 6.95. The Hall–Kier alpha value is -2.16. The Labute approximate surface area is 179 Å². The number of sulfonamides is 1. The van der Waals surface area contributed by atoms with Gasteiger partial charge in [0.15, 0.2) is 0 Å². The van der Waals surface area contributed by atoms with Crippen LogP contribution < -0.4 is 0 Å². The standard InChI is InChI=1S/C20H20ClN3O3S2/c1-14-18(15-6-3-2-4-7-15)29(26,27)22-19(14)23-10-5-11-24(13-12-23)20(25)16-8-9-17(21)28-16/h2-4,6-9H,5,10-13H2,1H3. The lowest BCUT2D eigenvalue weighted by molar-refractivity contribution is 0.0769. The van der Waals surface area contributed by atoms with Crippen molar-refractivity contribution < 1.29 is 13.2 Å². The van der Waals surface area contributed by atoms with E-state index in [0.717, 1.165) is 6.42 Å². The van der Waals surface area contributed by atoms with Gasteiger partial charge in [-0.15, -0.1) is 15.7 Å². The number of thiophene rings is 1. The van der Waals surface area contributed by atoms with Crippen molar-refractivity contribution in [3.05, 3.63) is 62.8 Å². The van der Waals surface area contributed by atoms with Crippen molar-refractivity contribution in [1.82, 2.24) is 9.80 Å². The molecule has 2 aromatic rings. The molecule has 0 aliphatic carbocycles. The lowest BCUT2D eigenvalue weighted by Gasteiger charge is -2.23. The van der Waals surface area contributed by atoms with Crippen LogP contribution in [0.3, 0.4) is 0 Å². The van der Waals surface area contributed by atoms with Crippen LogP contribution in [0.15, 0.2) is 52.4 Å². The quantitative estimate of drug-likeness (QED) is 0.700. The van der Waals surface area contributed by atoms with Gasteiger partial charge in [0.05, 0.1) is 9.21 Å². The normalized spacial score (nSPS) is 19.3. The summed E-state index contributed by atoms with van der Waals surface area (Å²) in [7, 11) is -3.74. The third-order valence-electron chi connectivity index (χ3n) is 5.04. The van der Waals surface area contributed by atoms with Crippen molar-refractivity contribution in [2.75, 3.05) is 26.2 Å². The largest absolute Gasteiger partial charge is 0.354 e. The zero-order chi connectivity index (χ0) is 20.6. The molecule has 1 amide bonds. The predicted octanol–water partition coefficient (Wildman–Crippen LogP) is 3.72. The highest BCUT2D eigenvalue weighted by molar-refractivity contribution is 8.00. The number of nitrogens with zero attached hydrogens (tertiary/aromatic N) is 3. The molecule has 152 valence electrons.